The van der Waals surface area contributed by atoms with Crippen LogP contribution < -0.4 is 27.0 Å². The Balaban J connectivity index is 1.75. The van der Waals surface area contributed by atoms with Crippen molar-refractivity contribution in [3.8, 4) is 0 Å². The van der Waals surface area contributed by atoms with Gasteiger partial charge in [0.15, 0.2) is 6.10 Å². The number of benzene rings is 2. The number of hydrogen-bond acceptors (Lipinski definition) is 6. The molecule has 0 fully saturated rings. The predicted molar refractivity (Wildman–Crippen MR) is 166 cm³/mol. The molecule has 0 bridgehead atoms. The van der Waals surface area contributed by atoms with Crippen molar-refractivity contribution < 1.29 is 42.3 Å². The molecule has 0 saturated heterocycles. The van der Waals surface area contributed by atoms with Gasteiger partial charge in [-0.1, -0.05) is 44.2 Å². The number of hydrogen-bond donors (Lipinski definition) is 7. The van der Waals surface area contributed by atoms with Crippen molar-refractivity contribution in [1.82, 2.24) is 26.3 Å². The van der Waals surface area contributed by atoms with E-state index in [2.05, 4.69) is 20.9 Å². The van der Waals surface area contributed by atoms with Crippen LogP contribution in [0.25, 0.3) is 10.9 Å². The van der Waals surface area contributed by atoms with Crippen LogP contribution in [0.1, 0.15) is 49.5 Å². The van der Waals surface area contributed by atoms with Gasteiger partial charge in [0, 0.05) is 35.5 Å². The molecule has 0 radical (unpaired) electrons. The molecule has 1 aromatic heterocycles. The molecule has 3 aromatic rings. The largest absolute Gasteiger partial charge is 0.416 e. The molecule has 1 heterocycles. The van der Waals surface area contributed by atoms with Crippen LogP contribution >= 0.6 is 0 Å². The first-order valence-electron chi connectivity index (χ1n) is 14.9. The van der Waals surface area contributed by atoms with Crippen LogP contribution in [0.5, 0.6) is 0 Å². The molecule has 254 valence electrons. The van der Waals surface area contributed by atoms with Crippen molar-refractivity contribution in [3.05, 3.63) is 71.9 Å². The van der Waals surface area contributed by atoms with Crippen molar-refractivity contribution in [2.45, 2.75) is 76.5 Å². The topological polar surface area (TPSA) is 196 Å². The van der Waals surface area contributed by atoms with E-state index in [0.29, 0.717) is 11.1 Å². The number of aliphatic hydroxyl groups is 1. The van der Waals surface area contributed by atoms with Gasteiger partial charge in [0.1, 0.15) is 18.1 Å². The lowest BCUT2D eigenvalue weighted by Gasteiger charge is -2.28. The van der Waals surface area contributed by atoms with Crippen LogP contribution in [0, 0.1) is 5.92 Å². The summed E-state index contributed by atoms with van der Waals surface area (Å²) in [6.45, 7) is 4.63. The number of carbonyl (C=O) groups is 5. The molecule has 15 heteroatoms. The summed E-state index contributed by atoms with van der Waals surface area (Å²) in [7, 11) is 0. The first kappa shape index (κ1) is 36.5. The van der Waals surface area contributed by atoms with Crippen LogP contribution in [-0.4, -0.2) is 76.1 Å². The standard InChI is InChI=1S/C32H39F3N6O6/c1-17(2)26(41-29(45)21-9-10-22-20(16-21)13-14-37-22)31(47)40-24(15-19-7-5-4-6-8-19)30(46)38-18(3)28(44)39-23(11-12-25(36)42)27(43)32(33,34)35/h4-10,13-14,16-18,23-24,26-27,37,43H,11-12,15H2,1-3H3,(H2,36,42)(H,38,46)(H,39,44)(H,40,47)(H,41,45)/t18-,23?,24-,26-,27?/m0/s1. The molecule has 2 unspecified atom stereocenters. The number of halogens is 3. The normalized spacial score (nSPS) is 14.8. The number of H-pyrrole nitrogens is 1. The Bertz CT molecular complexity index is 1560. The van der Waals surface area contributed by atoms with Crippen molar-refractivity contribution in [2.75, 3.05) is 0 Å². The van der Waals surface area contributed by atoms with Gasteiger partial charge in [0.25, 0.3) is 5.91 Å². The number of nitrogens with one attached hydrogen (secondary N) is 5. The third kappa shape index (κ3) is 10.6. The fourth-order valence-corrected chi connectivity index (χ4v) is 4.80. The Labute approximate surface area is 269 Å². The van der Waals surface area contributed by atoms with Crippen LogP contribution in [-0.2, 0) is 25.6 Å². The van der Waals surface area contributed by atoms with E-state index in [4.69, 9.17) is 5.73 Å². The number of amides is 5. The summed E-state index contributed by atoms with van der Waals surface area (Å²) < 4.78 is 39.6. The van der Waals surface area contributed by atoms with Gasteiger partial charge >= 0.3 is 6.18 Å². The minimum atomic E-state index is -5.11. The number of aliphatic hydroxyl groups excluding tert-OH is 1. The number of aromatic nitrogens is 1. The molecule has 0 spiro atoms. The average Bonchev–Trinajstić information content (AvgIpc) is 3.48. The molecule has 2 aromatic carbocycles. The Morgan fingerprint density at radius 1 is 0.872 bits per heavy atom. The summed E-state index contributed by atoms with van der Waals surface area (Å²) >= 11 is 0. The monoisotopic (exact) mass is 660 g/mol. The molecule has 0 aliphatic rings. The lowest BCUT2D eigenvalue weighted by molar-refractivity contribution is -0.212. The summed E-state index contributed by atoms with van der Waals surface area (Å²) in [5.74, 6) is -4.43. The number of primary amides is 1. The molecular formula is C32H39F3N6O6. The quantitative estimate of drug-likeness (QED) is 0.130. The summed E-state index contributed by atoms with van der Waals surface area (Å²) in [6.07, 6.45) is -7.54. The molecule has 3 rings (SSSR count). The van der Waals surface area contributed by atoms with E-state index in [9.17, 15) is 42.3 Å². The summed E-state index contributed by atoms with van der Waals surface area (Å²) in [5, 5.41) is 20.3. The first-order chi connectivity index (χ1) is 22.1. The van der Waals surface area contributed by atoms with Gasteiger partial charge in [-0.05, 0) is 49.1 Å². The van der Waals surface area contributed by atoms with E-state index in [1.165, 1.54) is 6.92 Å². The predicted octanol–water partition coefficient (Wildman–Crippen LogP) is 1.83. The van der Waals surface area contributed by atoms with E-state index >= 15 is 0 Å². The smallest absolute Gasteiger partial charge is 0.382 e. The molecule has 0 aliphatic heterocycles. The zero-order chi connectivity index (χ0) is 34.9. The zero-order valence-electron chi connectivity index (χ0n) is 26.1. The fraction of sp³-hybridized carbons (Fsp3) is 0.406. The van der Waals surface area contributed by atoms with Gasteiger partial charge in [-0.3, -0.25) is 24.0 Å². The summed E-state index contributed by atoms with van der Waals surface area (Å²) in [6, 6.07) is 9.76. The molecular weight excluding hydrogens is 621 g/mol. The Kier molecular flexibility index (Phi) is 12.5. The number of carbonyl (C=O) groups excluding carboxylic acids is 5. The van der Waals surface area contributed by atoms with Crippen molar-refractivity contribution in [2.24, 2.45) is 11.7 Å². The maximum absolute atomic E-state index is 13.5. The van der Waals surface area contributed by atoms with Gasteiger partial charge in [-0.2, -0.15) is 13.2 Å². The maximum Gasteiger partial charge on any atom is 0.416 e. The lowest BCUT2D eigenvalue weighted by Crippen LogP contribution is -2.59. The number of nitrogens with two attached hydrogens (primary N) is 1. The van der Waals surface area contributed by atoms with E-state index in [1.54, 1.807) is 74.6 Å². The minimum Gasteiger partial charge on any atom is -0.382 e. The molecule has 0 aliphatic carbocycles. The average molecular weight is 661 g/mol. The van der Waals surface area contributed by atoms with Gasteiger partial charge in [0.2, 0.25) is 23.6 Å². The zero-order valence-corrected chi connectivity index (χ0v) is 26.1. The highest BCUT2D eigenvalue weighted by Crippen LogP contribution is 2.24. The van der Waals surface area contributed by atoms with Gasteiger partial charge < -0.3 is 37.1 Å². The highest BCUT2D eigenvalue weighted by molar-refractivity contribution is 6.01. The van der Waals surface area contributed by atoms with Gasteiger partial charge in [-0.25, -0.2) is 0 Å². The van der Waals surface area contributed by atoms with Crippen molar-refractivity contribution in [3.63, 3.8) is 0 Å². The van der Waals surface area contributed by atoms with Crippen LogP contribution in [0.4, 0.5) is 13.2 Å². The Morgan fingerprint density at radius 3 is 2.17 bits per heavy atom. The summed E-state index contributed by atoms with van der Waals surface area (Å²) in [5.41, 5.74) is 6.82. The van der Waals surface area contributed by atoms with Crippen LogP contribution in [0.2, 0.25) is 0 Å². The second kappa shape index (κ2) is 16.1. The van der Waals surface area contributed by atoms with Gasteiger partial charge in [-0.15, -0.1) is 0 Å². The number of alkyl halides is 3. The Morgan fingerprint density at radius 2 is 1.55 bits per heavy atom. The molecule has 8 N–H and O–H groups in total. The van der Waals surface area contributed by atoms with Crippen molar-refractivity contribution >= 4 is 40.4 Å². The number of rotatable bonds is 15. The molecule has 5 atom stereocenters. The molecule has 0 saturated carbocycles. The molecule has 47 heavy (non-hydrogen) atoms. The number of fused-ring (bicyclic) bond motifs is 1. The highest BCUT2D eigenvalue weighted by Gasteiger charge is 2.44. The van der Waals surface area contributed by atoms with E-state index in [0.717, 1.165) is 10.9 Å². The molecule has 5 amide bonds. The SMILES string of the molecule is CC(C)[C@H](NC(=O)c1ccc2[nH]ccc2c1)C(=O)N[C@@H](Cc1ccccc1)C(=O)N[C@@H](C)C(=O)NC(CCC(N)=O)C(O)C(F)(F)F. The third-order valence-corrected chi connectivity index (χ3v) is 7.46. The lowest BCUT2D eigenvalue weighted by atomic mass is 10.00. The van der Waals surface area contributed by atoms with E-state index < -0.39 is 84.7 Å². The minimum absolute atomic E-state index is 0.0241. The summed E-state index contributed by atoms with van der Waals surface area (Å²) in [4.78, 5) is 67.1. The van der Waals surface area contributed by atoms with Crippen LogP contribution in [0.15, 0.2) is 60.8 Å². The second-order valence-electron chi connectivity index (χ2n) is 11.6. The third-order valence-electron chi connectivity index (χ3n) is 7.46. The van der Waals surface area contributed by atoms with E-state index in [-0.39, 0.29) is 6.42 Å². The molecule has 12 nitrogen and oxygen atoms in total. The van der Waals surface area contributed by atoms with E-state index in [1.807, 2.05) is 5.32 Å². The van der Waals surface area contributed by atoms with Gasteiger partial charge in [0.05, 0.1) is 6.04 Å². The maximum atomic E-state index is 13.5. The first-order valence-corrected chi connectivity index (χ1v) is 14.9. The van der Waals surface area contributed by atoms with Crippen molar-refractivity contribution in [1.29, 1.82) is 0 Å². The van der Waals surface area contributed by atoms with Crippen LogP contribution in [0.3, 0.4) is 0 Å². The second-order valence-corrected chi connectivity index (χ2v) is 11.6. The Hall–Kier alpha value is -4.92. The number of aromatic amines is 1. The fourth-order valence-electron chi connectivity index (χ4n) is 4.80. The highest BCUT2D eigenvalue weighted by atomic mass is 19.4.